The average molecular weight is 745 g/mol. The van der Waals surface area contributed by atoms with Crippen LogP contribution in [-0.2, 0) is 20.6 Å². The first kappa shape index (κ1) is 40.0. The van der Waals surface area contributed by atoms with Gasteiger partial charge < -0.3 is 88.6 Å². The summed E-state index contributed by atoms with van der Waals surface area (Å²) in [6.45, 7) is -1.28. The Morgan fingerprint density at radius 2 is 1.00 bits per heavy atom. The van der Waals surface area contributed by atoms with Crippen LogP contribution in [0.3, 0.4) is 0 Å². The van der Waals surface area contributed by atoms with E-state index in [4.69, 9.17) is 42.6 Å². The summed E-state index contributed by atoms with van der Waals surface area (Å²) in [4.78, 5) is 0. The van der Waals surface area contributed by atoms with Crippen LogP contribution in [0.2, 0.25) is 0 Å². The lowest BCUT2D eigenvalue weighted by Crippen LogP contribution is -2.60. The smallest absolute Gasteiger partial charge is 0.229 e. The van der Waals surface area contributed by atoms with Crippen molar-refractivity contribution in [1.29, 1.82) is 0 Å². The first-order chi connectivity index (χ1) is 24.9. The van der Waals surface area contributed by atoms with E-state index in [1.807, 2.05) is 0 Å². The molecule has 18 heteroatoms. The van der Waals surface area contributed by atoms with Crippen molar-refractivity contribution in [1.82, 2.24) is 0 Å². The van der Waals surface area contributed by atoms with E-state index in [0.29, 0.717) is 12.0 Å². The second-order valence-electron chi connectivity index (χ2n) is 12.8. The largest absolute Gasteiger partial charge is 0.493 e. The van der Waals surface area contributed by atoms with Crippen molar-refractivity contribution >= 4 is 0 Å². The van der Waals surface area contributed by atoms with Gasteiger partial charge in [-0.1, -0.05) is 0 Å². The van der Waals surface area contributed by atoms with Crippen LogP contribution in [0, 0.1) is 11.8 Å². The Bertz CT molecular complexity index is 1420. The highest BCUT2D eigenvalue weighted by Crippen LogP contribution is 2.48. The Kier molecular flexibility index (Phi) is 13.3. The summed E-state index contributed by atoms with van der Waals surface area (Å²) in [7, 11) is 5.56. The van der Waals surface area contributed by atoms with Crippen LogP contribution in [0.15, 0.2) is 24.3 Å². The molecule has 3 aliphatic rings. The van der Waals surface area contributed by atoms with Gasteiger partial charge in [0.05, 0.1) is 54.4 Å². The second-order valence-corrected chi connectivity index (χ2v) is 12.8. The van der Waals surface area contributed by atoms with Gasteiger partial charge in [0.1, 0.15) is 48.8 Å². The molecule has 2 aromatic carbocycles. The Morgan fingerprint density at radius 3 is 1.38 bits per heavy atom. The number of hydrogen-bond acceptors (Lipinski definition) is 18. The van der Waals surface area contributed by atoms with Gasteiger partial charge in [-0.2, -0.15) is 0 Å². The zero-order valence-corrected chi connectivity index (χ0v) is 29.0. The number of aliphatic hydroxyl groups excluding tert-OH is 9. The van der Waals surface area contributed by atoms with Crippen LogP contribution in [0.4, 0.5) is 0 Å². The Morgan fingerprint density at radius 1 is 0.577 bits per heavy atom. The summed E-state index contributed by atoms with van der Waals surface area (Å²) < 4.78 is 51.3. The first-order valence-corrected chi connectivity index (χ1v) is 16.6. The van der Waals surface area contributed by atoms with E-state index in [0.717, 1.165) is 5.56 Å². The van der Waals surface area contributed by atoms with E-state index >= 15 is 0 Å². The molecule has 18 nitrogen and oxygen atoms in total. The molecule has 3 fully saturated rings. The van der Waals surface area contributed by atoms with Crippen LogP contribution in [0.5, 0.6) is 34.5 Å². The Labute approximate surface area is 299 Å². The lowest BCUT2D eigenvalue weighted by atomic mass is 9.84. The van der Waals surface area contributed by atoms with E-state index in [-0.39, 0.29) is 53.6 Å². The second kappa shape index (κ2) is 17.3. The number of methoxy groups -OCH3 is 4. The SMILES string of the molecule is COc1cc(C2OCC(Cc3cc(OC)c(O[C@@H]4O[C@H](CO)[C@@H](O)[C@H](O)[C@H]4O)c(OC)c3)C2CO)cc(OC)c1O[C@H]1O[C@@H](CO)[C@H](O)[C@@H](O)[C@@H]1O. The minimum atomic E-state index is -1.67. The molecule has 292 valence electrons. The van der Waals surface area contributed by atoms with Gasteiger partial charge in [-0.3, -0.25) is 0 Å². The number of rotatable bonds is 14. The fourth-order valence-corrected chi connectivity index (χ4v) is 6.73. The molecule has 0 radical (unpaired) electrons. The molecule has 3 unspecified atom stereocenters. The maximum atomic E-state index is 10.6. The summed E-state index contributed by atoms with van der Waals surface area (Å²) in [5.41, 5.74) is 1.30. The third-order valence-electron chi connectivity index (χ3n) is 9.69. The summed E-state index contributed by atoms with van der Waals surface area (Å²) in [6.07, 6.45) is -15.4. The maximum absolute atomic E-state index is 10.6. The monoisotopic (exact) mass is 744 g/mol. The van der Waals surface area contributed by atoms with Crippen molar-refractivity contribution in [3.05, 3.63) is 35.4 Å². The van der Waals surface area contributed by atoms with Gasteiger partial charge >= 0.3 is 0 Å². The normalized spacial score (nSPS) is 34.8. The van der Waals surface area contributed by atoms with Crippen LogP contribution < -0.4 is 28.4 Å². The van der Waals surface area contributed by atoms with Crippen molar-refractivity contribution in [3.8, 4) is 34.5 Å². The first-order valence-electron chi connectivity index (χ1n) is 16.6. The molecule has 0 aromatic heterocycles. The molecule has 52 heavy (non-hydrogen) atoms. The maximum Gasteiger partial charge on any atom is 0.229 e. The van der Waals surface area contributed by atoms with Crippen molar-refractivity contribution in [2.45, 2.75) is 73.9 Å². The van der Waals surface area contributed by atoms with Gasteiger partial charge in [0.25, 0.3) is 0 Å². The third kappa shape index (κ3) is 7.84. The molecule has 9 N–H and O–H groups in total. The molecular formula is C34H48O18. The molecule has 0 aliphatic carbocycles. The highest BCUT2D eigenvalue weighted by molar-refractivity contribution is 5.55. The zero-order chi connectivity index (χ0) is 37.9. The van der Waals surface area contributed by atoms with Gasteiger partial charge in [-0.25, -0.2) is 0 Å². The summed E-state index contributed by atoms with van der Waals surface area (Å²) in [5.74, 6) is 0.121. The minimum Gasteiger partial charge on any atom is -0.493 e. The lowest BCUT2D eigenvalue weighted by molar-refractivity contribution is -0.277. The van der Waals surface area contributed by atoms with E-state index < -0.39 is 86.6 Å². The van der Waals surface area contributed by atoms with Crippen molar-refractivity contribution in [3.63, 3.8) is 0 Å². The summed E-state index contributed by atoms with van der Waals surface area (Å²) in [5, 5.41) is 91.5. The number of ether oxygens (including phenoxy) is 9. The quantitative estimate of drug-likeness (QED) is 0.0978. The third-order valence-corrected chi connectivity index (χ3v) is 9.69. The molecule has 0 saturated carbocycles. The molecule has 0 spiro atoms. The Balaban J connectivity index is 1.36. The molecule has 3 aliphatic heterocycles. The van der Waals surface area contributed by atoms with Gasteiger partial charge in [-0.15, -0.1) is 0 Å². The fourth-order valence-electron chi connectivity index (χ4n) is 6.73. The van der Waals surface area contributed by atoms with Gasteiger partial charge in [0.15, 0.2) is 23.0 Å². The number of aliphatic hydroxyl groups is 9. The zero-order valence-electron chi connectivity index (χ0n) is 29.0. The minimum absolute atomic E-state index is 0.0124. The lowest BCUT2D eigenvalue weighted by Gasteiger charge is -2.39. The molecule has 0 bridgehead atoms. The van der Waals surface area contributed by atoms with Crippen LogP contribution >= 0.6 is 0 Å². The predicted molar refractivity (Wildman–Crippen MR) is 174 cm³/mol. The molecule has 0 amide bonds. The highest BCUT2D eigenvalue weighted by Gasteiger charge is 2.47. The van der Waals surface area contributed by atoms with E-state index in [1.54, 1.807) is 24.3 Å². The highest BCUT2D eigenvalue weighted by atomic mass is 16.7. The van der Waals surface area contributed by atoms with Gasteiger partial charge in [0.2, 0.25) is 24.1 Å². The van der Waals surface area contributed by atoms with E-state index in [2.05, 4.69) is 0 Å². The molecule has 3 heterocycles. The molecule has 5 rings (SSSR count). The van der Waals surface area contributed by atoms with Crippen LogP contribution in [-0.4, -0.2) is 162 Å². The van der Waals surface area contributed by atoms with Crippen LogP contribution in [0.1, 0.15) is 17.2 Å². The van der Waals surface area contributed by atoms with E-state index in [1.165, 1.54) is 28.4 Å². The summed E-state index contributed by atoms with van der Waals surface area (Å²) >= 11 is 0. The van der Waals surface area contributed by atoms with Gasteiger partial charge in [-0.05, 0) is 47.7 Å². The van der Waals surface area contributed by atoms with Crippen molar-refractivity contribution in [2.24, 2.45) is 11.8 Å². The Hall–Kier alpha value is -3.24. The molecule has 3 saturated heterocycles. The summed E-state index contributed by atoms with van der Waals surface area (Å²) in [6, 6.07) is 6.60. The number of benzene rings is 2. The van der Waals surface area contributed by atoms with E-state index in [9.17, 15) is 46.0 Å². The van der Waals surface area contributed by atoms with Crippen molar-refractivity contribution in [2.75, 3.05) is 54.9 Å². The van der Waals surface area contributed by atoms with Crippen molar-refractivity contribution < 1.29 is 88.6 Å². The van der Waals surface area contributed by atoms with Gasteiger partial charge in [0, 0.05) is 12.5 Å². The average Bonchev–Trinajstić information content (AvgIpc) is 3.57. The van der Waals surface area contributed by atoms with Crippen LogP contribution in [0.25, 0.3) is 0 Å². The number of hydrogen-bond donors (Lipinski definition) is 9. The fraction of sp³-hybridized carbons (Fsp3) is 0.647. The molecule has 13 atom stereocenters. The predicted octanol–water partition coefficient (Wildman–Crippen LogP) is -2.38. The molecular weight excluding hydrogens is 696 g/mol. The topological polar surface area (TPSA) is 265 Å². The standard InChI is InChI=1S/C34H48O18/c1-44-18-6-14(7-19(45-2)31(18)51-33-28(42)26(40)24(38)22(11-36)49-33)5-16-13-48-30(17(16)10-35)15-8-20(46-3)32(21(9-15)47-4)52-34-29(43)27(41)25(39)23(12-37)50-34/h6-9,16-17,22-30,33-43H,5,10-13H2,1-4H3/t16?,17?,22-,23+,24-,25+,26+,27-,28-,29+,30?,33+,34-/m1/s1. The molecule has 2 aromatic rings.